The van der Waals surface area contributed by atoms with Crippen LogP contribution in [0.15, 0.2) is 56.9 Å². The van der Waals surface area contributed by atoms with Crippen LogP contribution in [-0.2, 0) is 4.79 Å². The highest BCUT2D eigenvalue weighted by atomic mass is 32.2. The van der Waals surface area contributed by atoms with E-state index in [1.807, 2.05) is 5.38 Å². The van der Waals surface area contributed by atoms with Crippen LogP contribution in [0.5, 0.6) is 0 Å². The molecule has 3 heterocycles. The first-order valence-electron chi connectivity index (χ1n) is 6.12. The Balaban J connectivity index is 1.93. The number of hydrogen-bond donors (Lipinski definition) is 0. The van der Waals surface area contributed by atoms with Gasteiger partial charge in [0.1, 0.15) is 5.76 Å². The third-order valence-corrected chi connectivity index (χ3v) is 4.30. The van der Waals surface area contributed by atoms with Gasteiger partial charge >= 0.3 is 0 Å². The molecule has 0 aliphatic carbocycles. The smallest absolute Gasteiger partial charge is 0.267 e. The predicted octanol–water partition coefficient (Wildman–Crippen LogP) is 3.53. The molecule has 106 valence electrons. The van der Waals surface area contributed by atoms with E-state index in [2.05, 4.69) is 16.6 Å². The summed E-state index contributed by atoms with van der Waals surface area (Å²) in [5.41, 5.74) is 0. The van der Waals surface area contributed by atoms with E-state index in [-0.39, 0.29) is 5.91 Å². The number of amidine groups is 1. The van der Waals surface area contributed by atoms with Gasteiger partial charge in [-0.25, -0.2) is 4.98 Å². The van der Waals surface area contributed by atoms with Crippen LogP contribution in [0.1, 0.15) is 5.76 Å². The Labute approximate surface area is 129 Å². The van der Waals surface area contributed by atoms with Gasteiger partial charge in [0.15, 0.2) is 5.17 Å². The van der Waals surface area contributed by atoms with Crippen molar-refractivity contribution >= 4 is 45.4 Å². The van der Waals surface area contributed by atoms with E-state index >= 15 is 0 Å². The maximum Gasteiger partial charge on any atom is 0.267 e. The minimum absolute atomic E-state index is 0.105. The molecule has 0 radical (unpaired) electrons. The van der Waals surface area contributed by atoms with Crippen molar-refractivity contribution in [2.24, 2.45) is 4.99 Å². The normalized spacial score (nSPS) is 18.9. The summed E-state index contributed by atoms with van der Waals surface area (Å²) >= 11 is 2.73. The van der Waals surface area contributed by atoms with Crippen LogP contribution in [0.25, 0.3) is 6.08 Å². The number of carbonyl (C=O) groups is 1. The Bertz CT molecular complexity index is 703. The summed E-state index contributed by atoms with van der Waals surface area (Å²) in [5, 5.41) is 3.07. The van der Waals surface area contributed by atoms with E-state index in [1.54, 1.807) is 41.6 Å². The van der Waals surface area contributed by atoms with Crippen LogP contribution in [-0.4, -0.2) is 27.5 Å². The van der Waals surface area contributed by atoms with Crippen molar-refractivity contribution in [3.8, 4) is 0 Å². The number of furan rings is 1. The number of thiazole rings is 1. The standard InChI is InChI=1S/C14H11N3O2S2/c1-2-6-17-12(18)11(9-10-4-3-7-19-10)21-14(17)16-13-15-5-8-20-13/h2-5,7-9H,1,6H2/b11-9-,16-14+. The van der Waals surface area contributed by atoms with Crippen LogP contribution >= 0.6 is 23.1 Å². The fourth-order valence-corrected chi connectivity index (χ4v) is 3.27. The molecule has 1 fully saturated rings. The van der Waals surface area contributed by atoms with Crippen LogP contribution in [0.2, 0.25) is 0 Å². The highest BCUT2D eigenvalue weighted by molar-refractivity contribution is 8.18. The van der Waals surface area contributed by atoms with Crippen LogP contribution in [0.4, 0.5) is 5.13 Å². The van der Waals surface area contributed by atoms with Gasteiger partial charge < -0.3 is 4.42 Å². The summed E-state index contributed by atoms with van der Waals surface area (Å²) in [6, 6.07) is 3.58. The van der Waals surface area contributed by atoms with Gasteiger partial charge in [0, 0.05) is 24.2 Å². The number of aromatic nitrogens is 1. The molecule has 0 unspecified atom stereocenters. The number of thioether (sulfide) groups is 1. The molecule has 2 aromatic heterocycles. The van der Waals surface area contributed by atoms with E-state index < -0.39 is 0 Å². The molecule has 0 spiro atoms. The van der Waals surface area contributed by atoms with Crippen LogP contribution in [0, 0.1) is 0 Å². The quantitative estimate of drug-likeness (QED) is 0.639. The van der Waals surface area contributed by atoms with Crippen molar-refractivity contribution < 1.29 is 9.21 Å². The first-order chi connectivity index (χ1) is 10.3. The van der Waals surface area contributed by atoms with Gasteiger partial charge in [0.25, 0.3) is 5.91 Å². The second kappa shape index (κ2) is 6.11. The summed E-state index contributed by atoms with van der Waals surface area (Å²) in [6.07, 6.45) is 6.64. The Morgan fingerprint density at radius 2 is 2.43 bits per heavy atom. The van der Waals surface area contributed by atoms with Gasteiger partial charge in [-0.1, -0.05) is 6.08 Å². The number of aliphatic imine (C=N–C) groups is 1. The van der Waals surface area contributed by atoms with Gasteiger partial charge in [-0.05, 0) is 23.9 Å². The molecule has 0 N–H and O–H groups in total. The molecule has 1 aliphatic heterocycles. The summed E-state index contributed by atoms with van der Waals surface area (Å²) in [5.74, 6) is 0.534. The third-order valence-electron chi connectivity index (χ3n) is 2.63. The molecule has 0 atom stereocenters. The van der Waals surface area contributed by atoms with Crippen molar-refractivity contribution in [3.05, 3.63) is 53.3 Å². The first kappa shape index (κ1) is 13.8. The van der Waals surface area contributed by atoms with E-state index in [0.717, 1.165) is 0 Å². The zero-order valence-corrected chi connectivity index (χ0v) is 12.6. The molecule has 1 amide bonds. The lowest BCUT2D eigenvalue weighted by Gasteiger charge is -2.11. The molecule has 2 aromatic rings. The van der Waals surface area contributed by atoms with E-state index in [0.29, 0.717) is 27.5 Å². The first-order valence-corrected chi connectivity index (χ1v) is 7.81. The molecule has 0 aromatic carbocycles. The lowest BCUT2D eigenvalue weighted by Crippen LogP contribution is -2.29. The van der Waals surface area contributed by atoms with Crippen molar-refractivity contribution in [3.63, 3.8) is 0 Å². The predicted molar refractivity (Wildman–Crippen MR) is 85.4 cm³/mol. The second-order valence-corrected chi connectivity index (χ2v) is 5.92. The molecule has 1 saturated heterocycles. The molecule has 1 aliphatic rings. The lowest BCUT2D eigenvalue weighted by molar-refractivity contribution is -0.121. The fourth-order valence-electron chi connectivity index (χ4n) is 1.74. The molecule has 7 heteroatoms. The minimum atomic E-state index is -0.105. The number of amides is 1. The van der Waals surface area contributed by atoms with Gasteiger partial charge in [-0.15, -0.1) is 17.9 Å². The van der Waals surface area contributed by atoms with Gasteiger partial charge in [0.2, 0.25) is 5.13 Å². The Morgan fingerprint density at radius 1 is 1.52 bits per heavy atom. The Hall–Kier alpha value is -2.12. The zero-order chi connectivity index (χ0) is 14.7. The zero-order valence-electron chi connectivity index (χ0n) is 10.9. The average molecular weight is 317 g/mol. The monoisotopic (exact) mass is 317 g/mol. The molecule has 3 rings (SSSR count). The highest BCUT2D eigenvalue weighted by Crippen LogP contribution is 2.34. The molecular weight excluding hydrogens is 306 g/mol. The summed E-state index contributed by atoms with van der Waals surface area (Å²) < 4.78 is 5.25. The van der Waals surface area contributed by atoms with Gasteiger partial charge in [0.05, 0.1) is 11.2 Å². The maximum absolute atomic E-state index is 12.4. The van der Waals surface area contributed by atoms with Crippen LogP contribution in [0.3, 0.4) is 0 Å². The van der Waals surface area contributed by atoms with Crippen molar-refractivity contribution in [2.75, 3.05) is 6.54 Å². The maximum atomic E-state index is 12.4. The number of nitrogens with zero attached hydrogens (tertiary/aromatic N) is 3. The average Bonchev–Trinajstić information content (AvgIpc) is 3.19. The number of hydrogen-bond acceptors (Lipinski definition) is 6. The molecular formula is C14H11N3O2S2. The van der Waals surface area contributed by atoms with Gasteiger partial charge in [-0.2, -0.15) is 4.99 Å². The summed E-state index contributed by atoms with van der Waals surface area (Å²) in [4.78, 5) is 23.1. The summed E-state index contributed by atoms with van der Waals surface area (Å²) in [6.45, 7) is 4.09. The van der Waals surface area contributed by atoms with E-state index in [4.69, 9.17) is 4.42 Å². The fraction of sp³-hybridized carbons (Fsp3) is 0.0714. The number of carbonyl (C=O) groups excluding carboxylic acids is 1. The molecule has 0 bridgehead atoms. The van der Waals surface area contributed by atoms with Crippen molar-refractivity contribution in [1.82, 2.24) is 9.88 Å². The van der Waals surface area contributed by atoms with E-state index in [9.17, 15) is 4.79 Å². The molecule has 5 nitrogen and oxygen atoms in total. The topological polar surface area (TPSA) is 58.7 Å². The molecule has 0 saturated carbocycles. The number of rotatable bonds is 4. The largest absolute Gasteiger partial charge is 0.465 e. The van der Waals surface area contributed by atoms with Crippen molar-refractivity contribution in [1.29, 1.82) is 0 Å². The Morgan fingerprint density at radius 3 is 3.10 bits per heavy atom. The Kier molecular flexibility index (Phi) is 4.03. The van der Waals surface area contributed by atoms with Crippen LogP contribution < -0.4 is 0 Å². The summed E-state index contributed by atoms with van der Waals surface area (Å²) in [7, 11) is 0. The second-order valence-electron chi connectivity index (χ2n) is 4.04. The van der Waals surface area contributed by atoms with Crippen molar-refractivity contribution in [2.45, 2.75) is 0 Å². The molecule has 21 heavy (non-hydrogen) atoms. The third kappa shape index (κ3) is 2.98. The minimum Gasteiger partial charge on any atom is -0.465 e. The van der Waals surface area contributed by atoms with Gasteiger partial charge in [-0.3, -0.25) is 9.69 Å². The SMILES string of the molecule is C=CCN1C(=O)/C(=C/c2ccco2)S/C1=N/c1nccs1. The lowest BCUT2D eigenvalue weighted by atomic mass is 10.3. The van der Waals surface area contributed by atoms with E-state index in [1.165, 1.54) is 23.1 Å². The highest BCUT2D eigenvalue weighted by Gasteiger charge is 2.33.